The number of hydrogen-bond donors (Lipinski definition) is 4. The molecule has 4 heteroatoms. The average molecular weight is 199 g/mol. The first-order valence-corrected chi connectivity index (χ1v) is 4.43. The molecular formula is C9H13NO2S. The van der Waals surface area contributed by atoms with E-state index in [1.54, 1.807) is 25.1 Å². The van der Waals surface area contributed by atoms with Gasteiger partial charge in [0.05, 0.1) is 12.1 Å². The third kappa shape index (κ3) is 2.15. The first-order valence-electron chi connectivity index (χ1n) is 3.98. The van der Waals surface area contributed by atoms with E-state index in [1.807, 2.05) is 0 Å². The predicted octanol–water partition coefficient (Wildman–Crippen LogP) is 1.06. The average Bonchev–Trinajstić information content (AvgIpc) is 2.08. The third-order valence-corrected chi connectivity index (χ3v) is 2.29. The molecule has 0 aliphatic rings. The van der Waals surface area contributed by atoms with Crippen molar-refractivity contribution >= 4 is 12.6 Å². The van der Waals surface area contributed by atoms with Crippen LogP contribution in [0.5, 0.6) is 5.75 Å². The van der Waals surface area contributed by atoms with Gasteiger partial charge in [0.2, 0.25) is 0 Å². The zero-order valence-electron chi connectivity index (χ0n) is 7.31. The Kier molecular flexibility index (Phi) is 3.19. The summed E-state index contributed by atoms with van der Waals surface area (Å²) in [5, 5.41) is 18.8. The molecule has 1 aromatic carbocycles. The molecule has 0 radical (unpaired) electrons. The number of phenols is 1. The van der Waals surface area contributed by atoms with Crippen molar-refractivity contribution in [2.45, 2.75) is 24.0 Å². The van der Waals surface area contributed by atoms with Crippen LogP contribution in [0.4, 0.5) is 0 Å². The van der Waals surface area contributed by atoms with Crippen LogP contribution in [0.2, 0.25) is 0 Å². The zero-order chi connectivity index (χ0) is 10.0. The van der Waals surface area contributed by atoms with E-state index < -0.39 is 12.1 Å². The third-order valence-electron chi connectivity index (χ3n) is 1.92. The van der Waals surface area contributed by atoms with E-state index in [0.29, 0.717) is 10.5 Å². The normalized spacial score (nSPS) is 15.4. The van der Waals surface area contributed by atoms with Gasteiger partial charge in [0.1, 0.15) is 5.75 Å². The molecule has 0 saturated carbocycles. The number of hydrogen-bond acceptors (Lipinski definition) is 4. The van der Waals surface area contributed by atoms with Crippen molar-refractivity contribution < 1.29 is 10.2 Å². The van der Waals surface area contributed by atoms with Gasteiger partial charge in [-0.3, -0.25) is 0 Å². The monoisotopic (exact) mass is 199 g/mol. The second-order valence-electron chi connectivity index (χ2n) is 2.98. The molecule has 2 atom stereocenters. The maximum atomic E-state index is 9.55. The Hall–Kier alpha value is -0.710. The maximum Gasteiger partial charge on any atom is 0.133 e. The van der Waals surface area contributed by atoms with Gasteiger partial charge in [0, 0.05) is 10.5 Å². The number of aliphatic hydroxyl groups is 1. The second-order valence-corrected chi connectivity index (χ2v) is 3.46. The van der Waals surface area contributed by atoms with Crippen LogP contribution in [0.15, 0.2) is 23.1 Å². The first kappa shape index (κ1) is 10.4. The summed E-state index contributed by atoms with van der Waals surface area (Å²) < 4.78 is 0. The highest BCUT2D eigenvalue weighted by Crippen LogP contribution is 2.30. The summed E-state index contributed by atoms with van der Waals surface area (Å²) in [4.78, 5) is 0.466. The van der Waals surface area contributed by atoms with E-state index in [4.69, 9.17) is 5.73 Å². The van der Waals surface area contributed by atoms with Crippen LogP contribution in [-0.2, 0) is 0 Å². The molecule has 0 heterocycles. The fourth-order valence-corrected chi connectivity index (χ4v) is 1.29. The summed E-state index contributed by atoms with van der Waals surface area (Å²) in [6, 6.07) is 4.50. The molecule has 0 spiro atoms. The van der Waals surface area contributed by atoms with Gasteiger partial charge in [-0.25, -0.2) is 0 Å². The molecule has 0 bridgehead atoms. The highest BCUT2D eigenvalue weighted by atomic mass is 32.1. The lowest BCUT2D eigenvalue weighted by Crippen LogP contribution is -2.23. The predicted molar refractivity (Wildman–Crippen MR) is 54.0 cm³/mol. The fraction of sp³-hybridized carbons (Fsp3) is 0.333. The molecule has 0 fully saturated rings. The molecule has 0 aliphatic heterocycles. The molecule has 1 aromatic rings. The van der Waals surface area contributed by atoms with Crippen molar-refractivity contribution in [1.82, 2.24) is 0 Å². The highest BCUT2D eigenvalue weighted by molar-refractivity contribution is 7.80. The Morgan fingerprint density at radius 1 is 1.46 bits per heavy atom. The minimum atomic E-state index is -0.693. The van der Waals surface area contributed by atoms with Crippen LogP contribution >= 0.6 is 12.6 Å². The van der Waals surface area contributed by atoms with Crippen LogP contribution in [-0.4, -0.2) is 16.3 Å². The van der Waals surface area contributed by atoms with Gasteiger partial charge in [0.25, 0.3) is 0 Å². The SMILES string of the molecule is C[C@H](O)[C@@H](N)c1cccc(S)c1O. The standard InChI is InChI=1S/C9H13NO2S/c1-5(11)8(10)6-3-2-4-7(13)9(6)12/h2-5,8,11-13H,10H2,1H3/t5-,8+/m0/s1. The molecule has 4 N–H and O–H groups in total. The molecule has 0 amide bonds. The Morgan fingerprint density at radius 3 is 2.62 bits per heavy atom. The zero-order valence-corrected chi connectivity index (χ0v) is 8.20. The van der Waals surface area contributed by atoms with Gasteiger partial charge in [-0.1, -0.05) is 12.1 Å². The van der Waals surface area contributed by atoms with E-state index in [2.05, 4.69) is 12.6 Å². The second kappa shape index (κ2) is 4.00. The highest BCUT2D eigenvalue weighted by Gasteiger charge is 2.16. The van der Waals surface area contributed by atoms with Crippen molar-refractivity contribution in [2.24, 2.45) is 5.73 Å². The van der Waals surface area contributed by atoms with Crippen LogP contribution in [0.25, 0.3) is 0 Å². The molecule has 1 rings (SSSR count). The number of nitrogens with two attached hydrogens (primary N) is 1. The minimum absolute atomic E-state index is 0.0410. The Bertz CT molecular complexity index is 302. The molecule has 72 valence electrons. The fourth-order valence-electron chi connectivity index (χ4n) is 1.08. The molecule has 13 heavy (non-hydrogen) atoms. The van der Waals surface area contributed by atoms with Gasteiger partial charge in [0.15, 0.2) is 0 Å². The quantitative estimate of drug-likeness (QED) is 0.538. The van der Waals surface area contributed by atoms with Crippen molar-refractivity contribution in [2.75, 3.05) is 0 Å². The van der Waals surface area contributed by atoms with E-state index in [1.165, 1.54) is 0 Å². The molecule has 3 nitrogen and oxygen atoms in total. The lowest BCUT2D eigenvalue weighted by Gasteiger charge is -2.16. The van der Waals surface area contributed by atoms with Crippen LogP contribution in [0, 0.1) is 0 Å². The number of aliphatic hydroxyl groups excluding tert-OH is 1. The number of thiol groups is 1. The van der Waals surface area contributed by atoms with E-state index in [-0.39, 0.29) is 5.75 Å². The van der Waals surface area contributed by atoms with Gasteiger partial charge >= 0.3 is 0 Å². The van der Waals surface area contributed by atoms with Crippen molar-refractivity contribution in [3.05, 3.63) is 23.8 Å². The molecular weight excluding hydrogens is 186 g/mol. The van der Waals surface area contributed by atoms with Crippen LogP contribution in [0.1, 0.15) is 18.5 Å². The van der Waals surface area contributed by atoms with Crippen molar-refractivity contribution in [3.8, 4) is 5.75 Å². The number of aromatic hydroxyl groups is 1. The largest absolute Gasteiger partial charge is 0.506 e. The molecule has 0 unspecified atom stereocenters. The number of rotatable bonds is 2. The van der Waals surface area contributed by atoms with E-state index in [0.717, 1.165) is 0 Å². The maximum absolute atomic E-state index is 9.55. The van der Waals surface area contributed by atoms with Gasteiger partial charge in [-0.15, -0.1) is 12.6 Å². The summed E-state index contributed by atoms with van der Waals surface area (Å²) in [5.41, 5.74) is 6.18. The van der Waals surface area contributed by atoms with Gasteiger partial charge in [-0.2, -0.15) is 0 Å². The lowest BCUT2D eigenvalue weighted by molar-refractivity contribution is 0.162. The van der Waals surface area contributed by atoms with Crippen molar-refractivity contribution in [3.63, 3.8) is 0 Å². The topological polar surface area (TPSA) is 66.5 Å². The minimum Gasteiger partial charge on any atom is -0.506 e. The summed E-state index contributed by atoms with van der Waals surface area (Å²) in [6.07, 6.45) is -0.693. The summed E-state index contributed by atoms with van der Waals surface area (Å²) in [6.45, 7) is 1.58. The molecule has 0 saturated heterocycles. The number of benzene rings is 1. The Labute approximate surface area is 82.6 Å². The van der Waals surface area contributed by atoms with Crippen LogP contribution < -0.4 is 5.73 Å². The van der Waals surface area contributed by atoms with E-state index >= 15 is 0 Å². The van der Waals surface area contributed by atoms with Gasteiger partial charge < -0.3 is 15.9 Å². The number of phenolic OH excluding ortho intramolecular Hbond substituents is 1. The van der Waals surface area contributed by atoms with Gasteiger partial charge in [-0.05, 0) is 13.0 Å². The van der Waals surface area contributed by atoms with Crippen molar-refractivity contribution in [1.29, 1.82) is 0 Å². The Morgan fingerprint density at radius 2 is 2.08 bits per heavy atom. The summed E-state index contributed by atoms with van der Waals surface area (Å²) in [5.74, 6) is 0.0410. The summed E-state index contributed by atoms with van der Waals surface area (Å²) in [7, 11) is 0. The van der Waals surface area contributed by atoms with Crippen LogP contribution in [0.3, 0.4) is 0 Å². The summed E-state index contributed by atoms with van der Waals surface area (Å²) >= 11 is 4.04. The smallest absolute Gasteiger partial charge is 0.133 e. The Balaban J connectivity index is 3.07. The number of para-hydroxylation sites is 1. The first-order chi connectivity index (χ1) is 6.04. The molecule has 0 aliphatic carbocycles. The van der Waals surface area contributed by atoms with E-state index in [9.17, 15) is 10.2 Å². The lowest BCUT2D eigenvalue weighted by atomic mass is 10.0. The molecule has 0 aromatic heterocycles.